The molecule has 1 aliphatic heterocycles. The predicted molar refractivity (Wildman–Crippen MR) is 86.4 cm³/mol. The topological polar surface area (TPSA) is 78.8 Å². The van der Waals surface area contributed by atoms with E-state index >= 15 is 0 Å². The van der Waals surface area contributed by atoms with Gasteiger partial charge in [-0.25, -0.2) is 9.69 Å². The molecule has 120 valence electrons. The van der Waals surface area contributed by atoms with E-state index in [0.717, 1.165) is 23.3 Å². The van der Waals surface area contributed by atoms with Gasteiger partial charge < -0.3 is 0 Å². The second-order valence-electron chi connectivity index (χ2n) is 5.89. The summed E-state index contributed by atoms with van der Waals surface area (Å²) in [7, 11) is 0. The summed E-state index contributed by atoms with van der Waals surface area (Å²) in [6.45, 7) is 3.69. The van der Waals surface area contributed by atoms with Crippen molar-refractivity contribution in [3.63, 3.8) is 0 Å². The molecule has 2 aliphatic rings. The Bertz CT molecular complexity index is 707. The van der Waals surface area contributed by atoms with E-state index in [2.05, 4.69) is 10.3 Å². The highest BCUT2D eigenvalue weighted by Gasteiger charge is 2.44. The average Bonchev–Trinajstić information content (AvgIpc) is 3.31. The number of urea groups is 1. The number of carbonyl (C=O) groups is 3. The van der Waals surface area contributed by atoms with Crippen LogP contribution in [0.4, 0.5) is 10.5 Å². The highest BCUT2D eigenvalue weighted by atomic mass is 16.2. The molecule has 0 aromatic heterocycles. The molecule has 1 heterocycles. The number of hydrogen-bond acceptors (Lipinski definition) is 4. The van der Waals surface area contributed by atoms with Gasteiger partial charge in [0.15, 0.2) is 5.92 Å². The molecule has 0 spiro atoms. The molecule has 0 bridgehead atoms. The molecule has 23 heavy (non-hydrogen) atoms. The van der Waals surface area contributed by atoms with Crippen LogP contribution in [-0.2, 0) is 9.59 Å². The van der Waals surface area contributed by atoms with Crippen LogP contribution in [0.2, 0.25) is 0 Å². The average molecular weight is 313 g/mol. The summed E-state index contributed by atoms with van der Waals surface area (Å²) in [5.41, 5.74) is 1.84. The number of carbonyl (C=O) groups excluding carboxylic acids is 3. The number of barbiturate groups is 1. The van der Waals surface area contributed by atoms with E-state index in [9.17, 15) is 14.4 Å². The van der Waals surface area contributed by atoms with Crippen molar-refractivity contribution in [3.05, 3.63) is 29.8 Å². The SMILES string of the molecule is CCC(=NC1CC1)C1C(=O)NC(=O)N(c2ccccc2C)C1=O. The van der Waals surface area contributed by atoms with Crippen molar-refractivity contribution in [2.75, 3.05) is 4.90 Å². The molecule has 1 saturated carbocycles. The van der Waals surface area contributed by atoms with E-state index in [-0.39, 0.29) is 6.04 Å². The molecule has 1 unspecified atom stereocenters. The molecule has 1 aromatic rings. The molecule has 2 fully saturated rings. The minimum atomic E-state index is -1.02. The van der Waals surface area contributed by atoms with Crippen molar-refractivity contribution >= 4 is 29.2 Å². The number of nitrogens with zero attached hydrogens (tertiary/aromatic N) is 2. The predicted octanol–water partition coefficient (Wildman–Crippen LogP) is 2.21. The molecule has 4 amide bonds. The van der Waals surface area contributed by atoms with Gasteiger partial charge in [0.25, 0.3) is 5.91 Å². The molecule has 1 atom stereocenters. The fraction of sp³-hybridized carbons (Fsp3) is 0.412. The molecule has 3 rings (SSSR count). The van der Waals surface area contributed by atoms with Crippen LogP contribution < -0.4 is 10.2 Å². The van der Waals surface area contributed by atoms with Gasteiger partial charge in [0.05, 0.1) is 11.7 Å². The number of aliphatic imine (C=N–C) groups is 1. The van der Waals surface area contributed by atoms with Gasteiger partial charge in [-0.3, -0.25) is 19.9 Å². The molecule has 1 aromatic carbocycles. The standard InChI is InChI=1S/C17H19N3O3/c1-3-12(18-11-8-9-11)14-15(21)19-17(23)20(16(14)22)13-7-5-4-6-10(13)2/h4-7,11,14H,3,8-9H2,1-2H3,(H,19,21,23). The number of nitrogens with one attached hydrogen (secondary N) is 1. The Morgan fingerprint density at radius 2 is 1.96 bits per heavy atom. The van der Waals surface area contributed by atoms with Gasteiger partial charge in [0, 0.05) is 5.71 Å². The summed E-state index contributed by atoms with van der Waals surface area (Å²) >= 11 is 0. The highest BCUT2D eigenvalue weighted by molar-refractivity contribution is 6.35. The third-order valence-corrected chi connectivity index (χ3v) is 4.11. The van der Waals surface area contributed by atoms with Crippen LogP contribution in [0, 0.1) is 12.8 Å². The lowest BCUT2D eigenvalue weighted by molar-refractivity contribution is -0.131. The molecule has 1 N–H and O–H groups in total. The van der Waals surface area contributed by atoms with Crippen molar-refractivity contribution < 1.29 is 14.4 Å². The van der Waals surface area contributed by atoms with E-state index < -0.39 is 23.8 Å². The second kappa shape index (κ2) is 5.95. The van der Waals surface area contributed by atoms with Gasteiger partial charge in [0.2, 0.25) is 5.91 Å². The van der Waals surface area contributed by atoms with Gasteiger partial charge in [-0.05, 0) is 37.8 Å². The van der Waals surface area contributed by atoms with Crippen molar-refractivity contribution in [2.24, 2.45) is 10.9 Å². The van der Waals surface area contributed by atoms with Crippen LogP contribution in [0.3, 0.4) is 0 Å². The lowest BCUT2D eigenvalue weighted by Gasteiger charge is -2.31. The fourth-order valence-electron chi connectivity index (χ4n) is 2.72. The molecule has 1 saturated heterocycles. The minimum Gasteiger partial charge on any atom is -0.289 e. The zero-order chi connectivity index (χ0) is 16.6. The maximum absolute atomic E-state index is 12.9. The van der Waals surface area contributed by atoms with Gasteiger partial charge in [-0.2, -0.15) is 0 Å². The monoisotopic (exact) mass is 313 g/mol. The first-order chi connectivity index (χ1) is 11.0. The molecular formula is C17H19N3O3. The number of aryl methyl sites for hydroxylation is 1. The Morgan fingerprint density at radius 1 is 1.26 bits per heavy atom. The van der Waals surface area contributed by atoms with Crippen molar-refractivity contribution in [1.29, 1.82) is 0 Å². The van der Waals surface area contributed by atoms with Crippen LogP contribution in [0.1, 0.15) is 31.7 Å². The first-order valence-electron chi connectivity index (χ1n) is 7.84. The maximum Gasteiger partial charge on any atom is 0.335 e. The van der Waals surface area contributed by atoms with Crippen molar-refractivity contribution in [2.45, 2.75) is 39.2 Å². The van der Waals surface area contributed by atoms with E-state index in [1.165, 1.54) is 0 Å². The molecule has 1 aliphatic carbocycles. The van der Waals surface area contributed by atoms with Crippen molar-refractivity contribution in [3.8, 4) is 0 Å². The number of para-hydroxylation sites is 1. The van der Waals surface area contributed by atoms with E-state index in [0.29, 0.717) is 17.8 Å². The summed E-state index contributed by atoms with van der Waals surface area (Å²) in [5, 5.41) is 2.29. The van der Waals surface area contributed by atoms with Crippen LogP contribution >= 0.6 is 0 Å². The van der Waals surface area contributed by atoms with Gasteiger partial charge in [-0.15, -0.1) is 0 Å². The Kier molecular flexibility index (Phi) is 3.98. The second-order valence-corrected chi connectivity index (χ2v) is 5.89. The summed E-state index contributed by atoms with van der Waals surface area (Å²) in [6, 6.07) is 6.62. The smallest absolute Gasteiger partial charge is 0.289 e. The van der Waals surface area contributed by atoms with Crippen LogP contribution in [0.15, 0.2) is 29.3 Å². The number of rotatable bonds is 4. The summed E-state index contributed by atoms with van der Waals surface area (Å²) in [5.74, 6) is -2.11. The van der Waals surface area contributed by atoms with Gasteiger partial charge >= 0.3 is 6.03 Å². The number of anilines is 1. The molecule has 0 radical (unpaired) electrons. The first-order valence-corrected chi connectivity index (χ1v) is 7.84. The third kappa shape index (κ3) is 2.88. The van der Waals surface area contributed by atoms with Crippen LogP contribution in [0.25, 0.3) is 0 Å². The van der Waals surface area contributed by atoms with Gasteiger partial charge in [0.1, 0.15) is 0 Å². The van der Waals surface area contributed by atoms with E-state index in [1.54, 1.807) is 12.1 Å². The Balaban J connectivity index is 1.99. The Morgan fingerprint density at radius 3 is 2.57 bits per heavy atom. The summed E-state index contributed by atoms with van der Waals surface area (Å²) < 4.78 is 0. The number of hydrogen-bond donors (Lipinski definition) is 1. The van der Waals surface area contributed by atoms with E-state index in [1.807, 2.05) is 26.0 Å². The number of amides is 4. The number of imide groups is 2. The zero-order valence-corrected chi connectivity index (χ0v) is 13.2. The lowest BCUT2D eigenvalue weighted by Crippen LogP contribution is -2.60. The maximum atomic E-state index is 12.9. The largest absolute Gasteiger partial charge is 0.335 e. The van der Waals surface area contributed by atoms with Crippen LogP contribution in [-0.4, -0.2) is 29.6 Å². The zero-order valence-electron chi connectivity index (χ0n) is 13.2. The molecule has 6 heteroatoms. The lowest BCUT2D eigenvalue weighted by atomic mass is 9.95. The highest BCUT2D eigenvalue weighted by Crippen LogP contribution is 2.28. The fourth-order valence-corrected chi connectivity index (χ4v) is 2.72. The first kappa shape index (κ1) is 15.4. The van der Waals surface area contributed by atoms with Gasteiger partial charge in [-0.1, -0.05) is 25.1 Å². The normalized spacial score (nSPS) is 22.3. The Labute approximate surface area is 134 Å². The molecular weight excluding hydrogens is 294 g/mol. The summed E-state index contributed by atoms with van der Waals surface area (Å²) in [4.78, 5) is 42.8. The summed E-state index contributed by atoms with van der Waals surface area (Å²) in [6.07, 6.45) is 2.50. The van der Waals surface area contributed by atoms with Crippen molar-refractivity contribution in [1.82, 2.24) is 5.32 Å². The molecule has 6 nitrogen and oxygen atoms in total. The number of benzene rings is 1. The quantitative estimate of drug-likeness (QED) is 0.683. The third-order valence-electron chi connectivity index (χ3n) is 4.11. The Hall–Kier alpha value is -2.50. The van der Waals surface area contributed by atoms with Crippen LogP contribution in [0.5, 0.6) is 0 Å². The minimum absolute atomic E-state index is 0.218. The van der Waals surface area contributed by atoms with E-state index in [4.69, 9.17) is 0 Å².